The Hall–Kier alpha value is -2.54. The summed E-state index contributed by atoms with van der Waals surface area (Å²) in [5, 5.41) is 2.88. The van der Waals surface area contributed by atoms with E-state index in [0.29, 0.717) is 10.7 Å². The van der Waals surface area contributed by atoms with Crippen LogP contribution < -0.4 is 10.2 Å². The van der Waals surface area contributed by atoms with Gasteiger partial charge >= 0.3 is 6.18 Å². The summed E-state index contributed by atoms with van der Waals surface area (Å²) in [5.74, 6) is -1.09. The Morgan fingerprint density at radius 3 is 2.40 bits per heavy atom. The molecule has 0 saturated heterocycles. The number of hydrogen-bond donors (Lipinski definition) is 1. The predicted molar refractivity (Wildman–Crippen MR) is 110 cm³/mol. The Morgan fingerprint density at radius 1 is 1.03 bits per heavy atom. The minimum absolute atomic E-state index is 0.0309. The molecule has 2 aromatic rings. The fraction of sp³-hybridized carbons (Fsp3) is 0.364. The van der Waals surface area contributed by atoms with Crippen LogP contribution in [0.5, 0.6) is 0 Å². The van der Waals surface area contributed by atoms with Gasteiger partial charge in [0.25, 0.3) is 5.91 Å². The van der Waals surface area contributed by atoms with Crippen LogP contribution in [0, 0.1) is 0 Å². The quantitative estimate of drug-likeness (QED) is 0.674. The number of anilines is 1. The highest BCUT2D eigenvalue weighted by Gasteiger charge is 2.31. The first-order valence-electron chi connectivity index (χ1n) is 9.79. The molecule has 1 saturated carbocycles. The molecule has 2 amide bonds. The van der Waals surface area contributed by atoms with Crippen LogP contribution in [-0.4, -0.2) is 24.4 Å². The van der Waals surface area contributed by atoms with E-state index >= 15 is 0 Å². The topological polar surface area (TPSA) is 49.4 Å². The molecule has 0 unspecified atom stereocenters. The van der Waals surface area contributed by atoms with E-state index in [1.54, 1.807) is 29.2 Å². The van der Waals surface area contributed by atoms with Gasteiger partial charge in [0.1, 0.15) is 0 Å². The van der Waals surface area contributed by atoms with Crippen molar-refractivity contribution in [2.24, 2.45) is 0 Å². The van der Waals surface area contributed by atoms with Gasteiger partial charge in [-0.3, -0.25) is 9.59 Å². The summed E-state index contributed by atoms with van der Waals surface area (Å²) in [4.78, 5) is 27.0. The molecule has 0 spiro atoms. The van der Waals surface area contributed by atoms with Crippen molar-refractivity contribution in [3.05, 3.63) is 64.7 Å². The first-order chi connectivity index (χ1) is 14.3. The molecule has 0 aliphatic heterocycles. The van der Waals surface area contributed by atoms with E-state index in [4.69, 9.17) is 11.6 Å². The molecule has 1 aliphatic carbocycles. The van der Waals surface area contributed by atoms with Crippen LogP contribution in [0.25, 0.3) is 0 Å². The Morgan fingerprint density at radius 2 is 1.73 bits per heavy atom. The van der Waals surface area contributed by atoms with Crippen molar-refractivity contribution < 1.29 is 22.8 Å². The summed E-state index contributed by atoms with van der Waals surface area (Å²) >= 11 is 6.31. The largest absolute Gasteiger partial charge is 0.416 e. The van der Waals surface area contributed by atoms with Crippen molar-refractivity contribution in [1.29, 1.82) is 0 Å². The molecule has 4 nitrogen and oxygen atoms in total. The molecule has 30 heavy (non-hydrogen) atoms. The molecule has 0 aromatic heterocycles. The Balaban J connectivity index is 1.74. The first kappa shape index (κ1) is 22.2. The maximum Gasteiger partial charge on any atom is 0.416 e. The number of carbonyl (C=O) groups is 2. The zero-order valence-electron chi connectivity index (χ0n) is 16.2. The van der Waals surface area contributed by atoms with Crippen molar-refractivity contribution in [2.75, 3.05) is 11.4 Å². The number of rotatable bonds is 5. The second kappa shape index (κ2) is 9.51. The molecule has 3 rings (SSSR count). The number of nitrogens with one attached hydrogen (secondary N) is 1. The SMILES string of the molecule is O=C(NCC(=O)N(c1ccccc1Cl)C1CCCCC1)c1cccc(C(F)(F)F)c1. The van der Waals surface area contributed by atoms with Gasteiger partial charge in [0.2, 0.25) is 5.91 Å². The number of hydrogen-bond acceptors (Lipinski definition) is 2. The summed E-state index contributed by atoms with van der Waals surface area (Å²) in [6.07, 6.45) is 0.212. The molecule has 160 valence electrons. The second-order valence-electron chi connectivity index (χ2n) is 7.27. The van der Waals surface area contributed by atoms with Gasteiger partial charge in [-0.1, -0.05) is 49.1 Å². The number of nitrogens with zero attached hydrogens (tertiary/aromatic N) is 1. The third-order valence-corrected chi connectivity index (χ3v) is 5.49. The van der Waals surface area contributed by atoms with E-state index in [1.807, 2.05) is 0 Å². The Kier molecular flexibility index (Phi) is 7.02. The van der Waals surface area contributed by atoms with E-state index in [2.05, 4.69) is 5.32 Å². The Labute approximate surface area is 178 Å². The lowest BCUT2D eigenvalue weighted by Gasteiger charge is -2.35. The molecule has 1 N–H and O–H groups in total. The minimum atomic E-state index is -4.55. The average molecular weight is 439 g/mol. The van der Waals surface area contributed by atoms with E-state index in [9.17, 15) is 22.8 Å². The molecular formula is C22H22ClF3N2O2. The molecule has 8 heteroatoms. The molecule has 0 bridgehead atoms. The lowest BCUT2D eigenvalue weighted by Crippen LogP contribution is -2.46. The fourth-order valence-corrected chi connectivity index (χ4v) is 3.93. The molecule has 2 aromatic carbocycles. The van der Waals surface area contributed by atoms with Crippen LogP contribution in [0.1, 0.15) is 48.0 Å². The zero-order valence-corrected chi connectivity index (χ0v) is 17.0. The third-order valence-electron chi connectivity index (χ3n) is 5.17. The standard InChI is InChI=1S/C22H22ClF3N2O2/c23-18-11-4-5-12-19(18)28(17-9-2-1-3-10-17)20(29)14-27-21(30)15-7-6-8-16(13-15)22(24,25)26/h4-8,11-13,17H,1-3,9-10,14H2,(H,27,30). The van der Waals surface area contributed by atoms with Gasteiger partial charge in [0.05, 0.1) is 22.8 Å². The highest BCUT2D eigenvalue weighted by atomic mass is 35.5. The second-order valence-corrected chi connectivity index (χ2v) is 7.68. The van der Waals surface area contributed by atoms with Gasteiger partial charge in [-0.15, -0.1) is 0 Å². The van der Waals surface area contributed by atoms with Crippen molar-refractivity contribution in [3.63, 3.8) is 0 Å². The van der Waals surface area contributed by atoms with E-state index in [-0.39, 0.29) is 24.1 Å². The fourth-order valence-electron chi connectivity index (χ4n) is 3.70. The van der Waals surface area contributed by atoms with Crippen molar-refractivity contribution in [3.8, 4) is 0 Å². The number of halogens is 4. The average Bonchev–Trinajstić information content (AvgIpc) is 2.74. The number of alkyl halides is 3. The van der Waals surface area contributed by atoms with Gasteiger partial charge < -0.3 is 10.2 Å². The highest BCUT2D eigenvalue weighted by molar-refractivity contribution is 6.33. The number of benzene rings is 2. The molecule has 1 fully saturated rings. The van der Waals surface area contributed by atoms with Crippen LogP contribution in [0.4, 0.5) is 18.9 Å². The maximum absolute atomic E-state index is 13.0. The summed E-state index contributed by atoms with van der Waals surface area (Å²) < 4.78 is 38.6. The van der Waals surface area contributed by atoms with Crippen molar-refractivity contribution >= 4 is 29.1 Å². The lowest BCUT2D eigenvalue weighted by molar-refractivity contribution is -0.137. The summed E-state index contributed by atoms with van der Waals surface area (Å²) in [6.45, 7) is -0.337. The minimum Gasteiger partial charge on any atom is -0.343 e. The number of carbonyl (C=O) groups excluding carboxylic acids is 2. The number of amides is 2. The first-order valence-corrected chi connectivity index (χ1v) is 10.2. The summed E-state index contributed by atoms with van der Waals surface area (Å²) in [6, 6.07) is 11.1. The van der Waals surface area contributed by atoms with Crippen LogP contribution in [0.3, 0.4) is 0 Å². The van der Waals surface area contributed by atoms with E-state index < -0.39 is 17.6 Å². The number of para-hydroxylation sites is 1. The molecule has 0 radical (unpaired) electrons. The normalized spacial score (nSPS) is 14.9. The lowest BCUT2D eigenvalue weighted by atomic mass is 9.93. The van der Waals surface area contributed by atoms with Crippen LogP contribution >= 0.6 is 11.6 Å². The van der Waals surface area contributed by atoms with Crippen molar-refractivity contribution in [1.82, 2.24) is 5.32 Å². The van der Waals surface area contributed by atoms with E-state index in [0.717, 1.165) is 50.3 Å². The monoisotopic (exact) mass is 438 g/mol. The molecule has 1 aliphatic rings. The summed E-state index contributed by atoms with van der Waals surface area (Å²) in [7, 11) is 0. The van der Waals surface area contributed by atoms with Crippen LogP contribution in [0.2, 0.25) is 5.02 Å². The van der Waals surface area contributed by atoms with Gasteiger partial charge in [0.15, 0.2) is 0 Å². The molecule has 0 atom stereocenters. The van der Waals surface area contributed by atoms with E-state index in [1.165, 1.54) is 6.07 Å². The molecular weight excluding hydrogens is 417 g/mol. The smallest absolute Gasteiger partial charge is 0.343 e. The van der Waals surface area contributed by atoms with Crippen LogP contribution in [-0.2, 0) is 11.0 Å². The van der Waals surface area contributed by atoms with Crippen LogP contribution in [0.15, 0.2) is 48.5 Å². The van der Waals surface area contributed by atoms with Gasteiger partial charge in [-0.25, -0.2) is 0 Å². The third kappa shape index (κ3) is 5.33. The maximum atomic E-state index is 13.0. The van der Waals surface area contributed by atoms with Crippen molar-refractivity contribution in [2.45, 2.75) is 44.3 Å². The van der Waals surface area contributed by atoms with Gasteiger partial charge in [0, 0.05) is 11.6 Å². The van der Waals surface area contributed by atoms with Gasteiger partial charge in [-0.05, 0) is 43.2 Å². The summed E-state index contributed by atoms with van der Waals surface area (Å²) in [5.41, 5.74) is -0.495. The Bertz CT molecular complexity index is 911. The zero-order chi connectivity index (χ0) is 21.7. The molecule has 0 heterocycles. The predicted octanol–water partition coefficient (Wildman–Crippen LogP) is 5.45. The van der Waals surface area contributed by atoms with Gasteiger partial charge in [-0.2, -0.15) is 13.2 Å². The highest BCUT2D eigenvalue weighted by Crippen LogP contribution is 2.32.